The fourth-order valence-electron chi connectivity index (χ4n) is 1.53. The molecule has 3 nitrogen and oxygen atoms in total. The van der Waals surface area contributed by atoms with Crippen LogP contribution in [0.15, 0.2) is 6.20 Å². The molecule has 0 aliphatic carbocycles. The Labute approximate surface area is 104 Å². The first-order valence-electron chi connectivity index (χ1n) is 5.20. The quantitative estimate of drug-likeness (QED) is 0.910. The molecule has 5 heteroatoms. The Morgan fingerprint density at radius 2 is 1.94 bits per heavy atom. The molecule has 0 radical (unpaired) electrons. The maximum atomic E-state index is 4.49. The molecular formula is C11H15N3S2. The van der Waals surface area contributed by atoms with Crippen LogP contribution in [-0.4, -0.2) is 9.97 Å². The SMILES string of the molecule is Cc1ncc(CNCc2nc(C)sc2C)s1. The van der Waals surface area contributed by atoms with Crippen molar-refractivity contribution >= 4 is 22.7 Å². The number of aromatic nitrogens is 2. The van der Waals surface area contributed by atoms with E-state index in [2.05, 4.69) is 22.2 Å². The Kier molecular flexibility index (Phi) is 3.68. The highest BCUT2D eigenvalue weighted by molar-refractivity contribution is 7.11. The third-order valence-corrected chi connectivity index (χ3v) is 4.10. The van der Waals surface area contributed by atoms with Gasteiger partial charge >= 0.3 is 0 Å². The fraction of sp³-hybridized carbons (Fsp3) is 0.455. The van der Waals surface area contributed by atoms with Crippen molar-refractivity contribution in [2.75, 3.05) is 0 Å². The number of aryl methyl sites for hydroxylation is 3. The van der Waals surface area contributed by atoms with Gasteiger partial charge in [-0.15, -0.1) is 22.7 Å². The Morgan fingerprint density at radius 3 is 2.50 bits per heavy atom. The number of thiazole rings is 2. The molecule has 0 bridgehead atoms. The van der Waals surface area contributed by atoms with Gasteiger partial charge in [-0.1, -0.05) is 0 Å². The van der Waals surface area contributed by atoms with Crippen molar-refractivity contribution in [1.29, 1.82) is 0 Å². The van der Waals surface area contributed by atoms with E-state index in [0.29, 0.717) is 0 Å². The Hall–Kier alpha value is -0.780. The summed E-state index contributed by atoms with van der Waals surface area (Å²) in [7, 11) is 0. The summed E-state index contributed by atoms with van der Waals surface area (Å²) in [6, 6.07) is 0. The molecule has 0 fully saturated rings. The van der Waals surface area contributed by atoms with Crippen LogP contribution >= 0.6 is 22.7 Å². The van der Waals surface area contributed by atoms with Crippen molar-refractivity contribution < 1.29 is 0 Å². The number of hydrogen-bond acceptors (Lipinski definition) is 5. The summed E-state index contributed by atoms with van der Waals surface area (Å²) in [5.41, 5.74) is 1.17. The molecule has 0 aliphatic rings. The zero-order chi connectivity index (χ0) is 11.5. The number of nitrogens with zero attached hydrogens (tertiary/aromatic N) is 2. The van der Waals surface area contributed by atoms with E-state index in [1.807, 2.05) is 20.0 Å². The van der Waals surface area contributed by atoms with Gasteiger partial charge in [-0.3, -0.25) is 0 Å². The van der Waals surface area contributed by atoms with Crippen LogP contribution in [0.5, 0.6) is 0 Å². The predicted molar refractivity (Wildman–Crippen MR) is 69.0 cm³/mol. The molecule has 0 amide bonds. The first-order chi connectivity index (χ1) is 7.65. The van der Waals surface area contributed by atoms with Gasteiger partial charge in [0.2, 0.25) is 0 Å². The van der Waals surface area contributed by atoms with Crippen molar-refractivity contribution in [2.45, 2.75) is 33.9 Å². The molecular weight excluding hydrogens is 238 g/mol. The molecule has 2 heterocycles. The Bertz CT molecular complexity index is 473. The molecule has 86 valence electrons. The second-order valence-electron chi connectivity index (χ2n) is 3.68. The smallest absolute Gasteiger partial charge is 0.0900 e. The molecule has 0 aliphatic heterocycles. The molecule has 0 saturated carbocycles. The van der Waals surface area contributed by atoms with Crippen LogP contribution in [0, 0.1) is 20.8 Å². The van der Waals surface area contributed by atoms with E-state index in [4.69, 9.17) is 0 Å². The summed E-state index contributed by atoms with van der Waals surface area (Å²) < 4.78 is 0. The average Bonchev–Trinajstić information content (AvgIpc) is 2.74. The van der Waals surface area contributed by atoms with E-state index in [-0.39, 0.29) is 0 Å². The van der Waals surface area contributed by atoms with Gasteiger partial charge in [-0.25, -0.2) is 9.97 Å². The topological polar surface area (TPSA) is 37.8 Å². The molecule has 2 rings (SSSR count). The van der Waals surface area contributed by atoms with Gasteiger partial charge in [-0.2, -0.15) is 0 Å². The number of rotatable bonds is 4. The predicted octanol–water partition coefficient (Wildman–Crippen LogP) is 2.81. The van der Waals surface area contributed by atoms with Crippen LogP contribution in [0.3, 0.4) is 0 Å². The van der Waals surface area contributed by atoms with Crippen molar-refractivity contribution in [3.05, 3.63) is 31.7 Å². The molecule has 0 unspecified atom stereocenters. The second-order valence-corrected chi connectivity index (χ2v) is 6.41. The molecule has 2 aromatic rings. The highest BCUT2D eigenvalue weighted by Gasteiger charge is 2.04. The monoisotopic (exact) mass is 253 g/mol. The molecule has 0 aromatic carbocycles. The van der Waals surface area contributed by atoms with Crippen LogP contribution in [-0.2, 0) is 13.1 Å². The van der Waals surface area contributed by atoms with Crippen LogP contribution in [0.2, 0.25) is 0 Å². The van der Waals surface area contributed by atoms with Crippen LogP contribution in [0.1, 0.15) is 25.5 Å². The van der Waals surface area contributed by atoms with Crippen LogP contribution < -0.4 is 5.32 Å². The molecule has 0 atom stereocenters. The van der Waals surface area contributed by atoms with E-state index in [9.17, 15) is 0 Å². The largest absolute Gasteiger partial charge is 0.306 e. The van der Waals surface area contributed by atoms with Gasteiger partial charge in [0, 0.05) is 29.0 Å². The minimum absolute atomic E-state index is 0.840. The van der Waals surface area contributed by atoms with E-state index in [0.717, 1.165) is 23.1 Å². The van der Waals surface area contributed by atoms with Gasteiger partial charge in [0.1, 0.15) is 0 Å². The average molecular weight is 253 g/mol. The Morgan fingerprint density at radius 1 is 1.12 bits per heavy atom. The lowest BCUT2D eigenvalue weighted by Crippen LogP contribution is -2.12. The molecule has 1 N–H and O–H groups in total. The molecule has 0 spiro atoms. The van der Waals surface area contributed by atoms with Gasteiger partial charge in [0.25, 0.3) is 0 Å². The third-order valence-electron chi connectivity index (χ3n) is 2.26. The normalized spacial score (nSPS) is 10.9. The molecule has 2 aromatic heterocycles. The maximum Gasteiger partial charge on any atom is 0.0900 e. The first-order valence-corrected chi connectivity index (χ1v) is 6.83. The Balaban J connectivity index is 1.86. The van der Waals surface area contributed by atoms with Crippen LogP contribution in [0.4, 0.5) is 0 Å². The molecule has 0 saturated heterocycles. The van der Waals surface area contributed by atoms with Gasteiger partial charge in [0.05, 0.1) is 15.7 Å². The number of nitrogens with one attached hydrogen (secondary N) is 1. The van der Waals surface area contributed by atoms with Crippen molar-refractivity contribution in [3.63, 3.8) is 0 Å². The second kappa shape index (κ2) is 5.03. The summed E-state index contributed by atoms with van der Waals surface area (Å²) in [4.78, 5) is 11.3. The van der Waals surface area contributed by atoms with Gasteiger partial charge < -0.3 is 5.32 Å². The van der Waals surface area contributed by atoms with E-state index >= 15 is 0 Å². The summed E-state index contributed by atoms with van der Waals surface area (Å²) in [6.07, 6.45) is 1.94. The standard InChI is InChI=1S/C11H15N3S2/c1-7-11(14-9(3)15-7)6-12-4-10-5-13-8(2)16-10/h5,12H,4,6H2,1-3H3. The minimum Gasteiger partial charge on any atom is -0.306 e. The maximum absolute atomic E-state index is 4.49. The first kappa shape index (κ1) is 11.7. The lowest BCUT2D eigenvalue weighted by molar-refractivity contribution is 0.685. The highest BCUT2D eigenvalue weighted by atomic mass is 32.1. The summed E-state index contributed by atoms with van der Waals surface area (Å²) in [5.74, 6) is 0. The minimum atomic E-state index is 0.840. The number of hydrogen-bond donors (Lipinski definition) is 1. The van der Waals surface area contributed by atoms with E-state index in [1.165, 1.54) is 15.4 Å². The third kappa shape index (κ3) is 2.87. The van der Waals surface area contributed by atoms with Crippen molar-refractivity contribution in [1.82, 2.24) is 15.3 Å². The molecule has 16 heavy (non-hydrogen) atoms. The van der Waals surface area contributed by atoms with Crippen molar-refractivity contribution in [3.8, 4) is 0 Å². The van der Waals surface area contributed by atoms with E-state index < -0.39 is 0 Å². The van der Waals surface area contributed by atoms with Gasteiger partial charge in [-0.05, 0) is 20.8 Å². The lowest BCUT2D eigenvalue weighted by Gasteiger charge is -2.00. The highest BCUT2D eigenvalue weighted by Crippen LogP contribution is 2.16. The summed E-state index contributed by atoms with van der Waals surface area (Å²) in [6.45, 7) is 7.92. The zero-order valence-corrected chi connectivity index (χ0v) is 11.3. The zero-order valence-electron chi connectivity index (χ0n) is 9.70. The van der Waals surface area contributed by atoms with Gasteiger partial charge in [0.15, 0.2) is 0 Å². The lowest BCUT2D eigenvalue weighted by atomic mass is 10.4. The summed E-state index contributed by atoms with van der Waals surface area (Å²) >= 11 is 3.50. The fourth-order valence-corrected chi connectivity index (χ4v) is 3.13. The van der Waals surface area contributed by atoms with Crippen molar-refractivity contribution in [2.24, 2.45) is 0 Å². The van der Waals surface area contributed by atoms with E-state index in [1.54, 1.807) is 22.7 Å². The van der Waals surface area contributed by atoms with Crippen LogP contribution in [0.25, 0.3) is 0 Å². The summed E-state index contributed by atoms with van der Waals surface area (Å²) in [5, 5.41) is 5.66.